The number of nitrogen functional groups attached to an aromatic ring is 1. The van der Waals surface area contributed by atoms with E-state index >= 15 is 0 Å². The van der Waals surface area contributed by atoms with E-state index in [1.165, 1.54) is 18.8 Å². The molecule has 3 aliphatic carbocycles. The average molecular weight is 2100 g/mol. The maximum Gasteiger partial charge on any atom is 0.220 e. The number of Topliss-reactive ketones (excluding diaryl/α,β-unsaturated/α-hetero) is 2. The third-order valence-corrected chi connectivity index (χ3v) is 32.3. The molecule has 0 bridgehead atoms. The first kappa shape index (κ1) is 104. The van der Waals surface area contributed by atoms with E-state index in [2.05, 4.69) is 40.9 Å². The molecular weight excluding hydrogens is 1970 g/mol. The molecule has 143 heavy (non-hydrogen) atoms. The molecule has 0 spiro atoms. The number of pyridine rings is 4. The maximum absolute atomic E-state index is 12.9. The van der Waals surface area contributed by atoms with Crippen molar-refractivity contribution >= 4 is 176 Å². The molecule has 22 rings (SSSR count). The number of amides is 1. The van der Waals surface area contributed by atoms with Gasteiger partial charge < -0.3 is 60.6 Å². The lowest BCUT2D eigenvalue weighted by molar-refractivity contribution is -0.120. The van der Waals surface area contributed by atoms with Gasteiger partial charge in [-0.2, -0.15) is 0 Å². The molecular formula is C102H123Cl3N16O18S4. The summed E-state index contributed by atoms with van der Waals surface area (Å²) in [5, 5.41) is 11.1. The molecule has 7 unspecified atom stereocenters. The molecule has 3 saturated carbocycles. The van der Waals surface area contributed by atoms with E-state index in [1.54, 1.807) is 60.7 Å². The van der Waals surface area contributed by atoms with Gasteiger partial charge in [0.05, 0.1) is 106 Å². The number of imidazole rings is 3. The summed E-state index contributed by atoms with van der Waals surface area (Å²) in [7, 11) is -13.8. The molecule has 0 radical (unpaired) electrons. The van der Waals surface area contributed by atoms with Gasteiger partial charge in [0.2, 0.25) is 5.91 Å². The van der Waals surface area contributed by atoms with Crippen molar-refractivity contribution in [3.8, 4) is 0 Å². The van der Waals surface area contributed by atoms with E-state index in [0.29, 0.717) is 152 Å². The number of aromatic nitrogens is 10. The number of nitrogens with one attached hydrogen (secondary N) is 3. The van der Waals surface area contributed by atoms with Crippen molar-refractivity contribution in [2.24, 2.45) is 28.5 Å². The highest BCUT2D eigenvalue weighted by molar-refractivity contribution is 7.91. The van der Waals surface area contributed by atoms with Crippen LogP contribution >= 0.6 is 34.8 Å². The molecule has 7 atom stereocenters. The van der Waals surface area contributed by atoms with Gasteiger partial charge in [-0.3, -0.25) is 38.1 Å². The number of carbonyl (C=O) groups excluding carboxylic acids is 3. The van der Waals surface area contributed by atoms with Gasteiger partial charge in [0.15, 0.2) is 56.3 Å². The number of fused-ring (bicyclic) bond motifs is 4. The molecule has 10 fully saturated rings. The predicted octanol–water partition coefficient (Wildman–Crippen LogP) is 19.5. The molecule has 11 aromatic rings. The van der Waals surface area contributed by atoms with Gasteiger partial charge in [0, 0.05) is 120 Å². The van der Waals surface area contributed by atoms with Crippen LogP contribution < -0.4 is 27.4 Å². The van der Waals surface area contributed by atoms with E-state index in [0.717, 1.165) is 218 Å². The zero-order valence-electron chi connectivity index (χ0n) is 81.5. The van der Waals surface area contributed by atoms with Crippen LogP contribution in [0.3, 0.4) is 0 Å². The number of aliphatic imine (C=N–C) groups is 1. The van der Waals surface area contributed by atoms with E-state index in [-0.39, 0.29) is 104 Å². The minimum absolute atomic E-state index is 0.00853. The Labute approximate surface area is 848 Å². The van der Waals surface area contributed by atoms with Crippen LogP contribution in [0.15, 0.2) is 122 Å². The van der Waals surface area contributed by atoms with Crippen molar-refractivity contribution in [1.29, 1.82) is 0 Å². The van der Waals surface area contributed by atoms with Crippen LogP contribution in [0.2, 0.25) is 15.3 Å². The van der Waals surface area contributed by atoms with Crippen LogP contribution in [0.25, 0.3) is 33.5 Å². The summed E-state index contributed by atoms with van der Waals surface area (Å²) in [6, 6.07) is 28.3. The molecule has 764 valence electrons. The molecule has 11 aliphatic rings. The Kier molecular flexibility index (Phi) is 32.6. The number of aryl methyl sites for hydroxylation is 3. The minimum atomic E-state index is -3.54. The number of hydrogen-bond acceptors (Lipinski definition) is 30. The number of ketones is 2. The standard InChI is InChI=1S/C28H34N4O5S.C24H27N3O4S.C23H27ClN4O4S.C12H13Cl2N3O.C11H15NO3S.C4H7NO/c1-17-29-27-22(31-21-11-10-19(24-6-5-13-36-24)14-25(21)38(2,34)35)15-20(16-23(33)18-8-9-18)30-28(27)32(17)26-7-3-4-12-37-26;1-14-10-19-24(25-14)20(12-17(26-19)13-21(28)15-5-6-15)27-18-8-7-16(22-4-3-9-31-22)11-23(18)32(2,29)30;1-14-25-22-17(13-20(24)27-23(22)28(14)21-7-3-4-10-32-21)26-16-9-8-15(18-6-5-11-31-18)12-19(16)33(2,29)30;1-7-15-11-8(13)6-9(14)16-12(11)17(7)10-4-2-3-5-18-10;1-16(13,14)11-7-8(4-5-9(11)12)10-3-2-6-15-10;5-4(6)3-1-2-3/h10-11,14-15,18,24,26H,3-9,12-13,16H2,1-2H3,(H,30,31);7-8,11-12,15,22H,3-6,9-10,13H2,1-2H3,(H,26,27);8-9,12-13,18,21H,3-7,10-11H2,1-2H3,(H,26,27);6,10H,2-5H2,1H3;4-5,7,10H,2-3,6,12H2,1H3;3H,1-2H2,(H2,5,6). The van der Waals surface area contributed by atoms with Crippen LogP contribution in [0.4, 0.5) is 45.5 Å². The Balaban J connectivity index is 0.000000124. The average Bonchev–Trinajstić information content (AvgIpc) is 1.62. The molecule has 7 saturated heterocycles. The second-order valence-corrected chi connectivity index (χ2v) is 47.8. The monoisotopic (exact) mass is 2090 g/mol. The molecule has 1 amide bonds. The third kappa shape index (κ3) is 25.6. The highest BCUT2D eigenvalue weighted by atomic mass is 35.5. The Morgan fingerprint density at radius 1 is 0.371 bits per heavy atom. The van der Waals surface area contributed by atoms with Crippen molar-refractivity contribution in [3.63, 3.8) is 0 Å². The fraction of sp³-hybridized carbons (Fsp3) is 0.500. The third-order valence-electron chi connectivity index (χ3n) is 27.0. The first-order chi connectivity index (χ1) is 68.3. The summed E-state index contributed by atoms with van der Waals surface area (Å²) in [5.74, 6) is 3.21. The summed E-state index contributed by atoms with van der Waals surface area (Å²) in [6.07, 6.45) is 28.0. The summed E-state index contributed by atoms with van der Waals surface area (Å²) in [5.41, 5.74) is 25.3. The van der Waals surface area contributed by atoms with E-state index in [4.69, 9.17) is 94.4 Å². The molecule has 15 heterocycles. The van der Waals surface area contributed by atoms with Crippen molar-refractivity contribution in [2.75, 3.05) is 93.0 Å². The van der Waals surface area contributed by atoms with E-state index in [1.807, 2.05) is 77.8 Å². The number of anilines is 7. The van der Waals surface area contributed by atoms with E-state index < -0.39 is 39.3 Å². The minimum Gasteiger partial charge on any atom is -0.398 e. The quantitative estimate of drug-likeness (QED) is 0.0277. The second kappa shape index (κ2) is 44.7. The molecule has 7 aromatic heterocycles. The number of hydrogen-bond donors (Lipinski definition) is 5. The predicted molar refractivity (Wildman–Crippen MR) is 548 cm³/mol. The van der Waals surface area contributed by atoms with Crippen molar-refractivity contribution in [2.45, 2.75) is 257 Å². The number of nitrogens with two attached hydrogens (primary N) is 2. The summed E-state index contributed by atoms with van der Waals surface area (Å²) in [4.78, 5) is 73.0. The van der Waals surface area contributed by atoms with Crippen molar-refractivity contribution in [3.05, 3.63) is 169 Å². The lowest BCUT2D eigenvalue weighted by atomic mass is 10.1. The van der Waals surface area contributed by atoms with Crippen LogP contribution in [-0.2, 0) is 106 Å². The topological polar surface area (TPSA) is 458 Å². The number of primary amides is 1. The Morgan fingerprint density at radius 2 is 0.713 bits per heavy atom. The summed E-state index contributed by atoms with van der Waals surface area (Å²) < 4.78 is 146. The van der Waals surface area contributed by atoms with Crippen molar-refractivity contribution in [1.82, 2.24) is 48.6 Å². The Hall–Kier alpha value is -10.0. The van der Waals surface area contributed by atoms with Gasteiger partial charge in [-0.05, 0) is 264 Å². The zero-order valence-corrected chi connectivity index (χ0v) is 87.1. The highest BCUT2D eigenvalue weighted by Crippen LogP contribution is 2.46. The van der Waals surface area contributed by atoms with Crippen LogP contribution in [0.1, 0.15) is 255 Å². The number of benzene rings is 4. The molecule has 8 aliphatic heterocycles. The first-order valence-corrected chi connectivity index (χ1v) is 57.8. The number of rotatable bonds is 24. The van der Waals surface area contributed by atoms with E-state index in [9.17, 15) is 48.1 Å². The van der Waals surface area contributed by atoms with Crippen molar-refractivity contribution < 1.29 is 81.2 Å². The van der Waals surface area contributed by atoms with Gasteiger partial charge >= 0.3 is 0 Å². The fourth-order valence-electron chi connectivity index (χ4n) is 19.3. The number of sulfone groups is 4. The molecule has 41 heteroatoms. The van der Waals surface area contributed by atoms with Crippen LogP contribution in [0, 0.1) is 38.5 Å². The summed E-state index contributed by atoms with van der Waals surface area (Å²) in [6.45, 7) is 12.7. The molecule has 7 N–H and O–H groups in total. The Morgan fingerprint density at radius 3 is 1.08 bits per heavy atom. The molecule has 34 nitrogen and oxygen atoms in total. The largest absolute Gasteiger partial charge is 0.398 e. The van der Waals surface area contributed by atoms with Gasteiger partial charge in [-0.15, -0.1) is 0 Å². The van der Waals surface area contributed by atoms with Gasteiger partial charge in [0.1, 0.15) is 80.3 Å². The smallest absolute Gasteiger partial charge is 0.220 e. The van der Waals surface area contributed by atoms with Gasteiger partial charge in [-0.25, -0.2) is 63.6 Å². The number of ether oxygens (including phenoxy) is 7. The number of halogens is 3. The number of carbonyl (C=O) groups is 3. The van der Waals surface area contributed by atoms with Gasteiger partial charge in [-0.1, -0.05) is 59.1 Å². The zero-order chi connectivity index (χ0) is 101. The lowest BCUT2D eigenvalue weighted by Crippen LogP contribution is -2.19. The normalized spacial score (nSPS) is 21.2. The fourth-order valence-corrected chi connectivity index (χ4v) is 23.4. The SMILES string of the molecule is CC1=Nc2c(Nc3ccc(C4CCCO4)cc3S(C)(=O)=O)cc(CC(=O)C3CC3)nc2C1.CS(=O)(=O)c1cc(C2CCCO2)ccc1N.Cc1nc2c(Cl)cc(Cl)nc2n1C1CCCCO1.Cc1nc2c(Nc3ccc(C4CCCO4)cc3S(C)(=O)=O)cc(CC(=O)C3CC3)nc2n1C1CCCCO1.Cc1nc2c(Nc3ccc(C4CCCO4)cc3S(C)(=O)=O)cc(Cl)nc2n1C1CCCCO1.NC(=O)C1CC1. The number of nitrogens with zero attached hydrogens (tertiary/aromatic N) is 11. The second-order valence-electron chi connectivity index (χ2n) is 38.7. The van der Waals surface area contributed by atoms with Crippen LogP contribution in [0.5, 0.6) is 0 Å². The molecule has 4 aromatic carbocycles. The summed E-state index contributed by atoms with van der Waals surface area (Å²) >= 11 is 18.5. The highest BCUT2D eigenvalue weighted by Gasteiger charge is 2.37. The first-order valence-electron chi connectivity index (χ1n) is 49.1. The Bertz CT molecular complexity index is 7150. The lowest BCUT2D eigenvalue weighted by Gasteiger charge is -2.25. The maximum atomic E-state index is 12.9. The van der Waals surface area contributed by atoms with Gasteiger partial charge in [0.25, 0.3) is 0 Å². The van der Waals surface area contributed by atoms with Crippen LogP contribution in [-0.4, -0.2) is 177 Å².